The van der Waals surface area contributed by atoms with Gasteiger partial charge in [0.2, 0.25) is 0 Å². The Hall–Kier alpha value is -3.70. The Morgan fingerprint density at radius 1 is 1.20 bits per heavy atom. The summed E-state index contributed by atoms with van der Waals surface area (Å²) >= 11 is 6.31. The second kappa shape index (κ2) is 7.97. The molecular formula is C19H11FN4O4S2. The van der Waals surface area contributed by atoms with E-state index < -0.39 is 10.8 Å². The fourth-order valence-corrected chi connectivity index (χ4v) is 3.78. The molecule has 8 nitrogen and oxygen atoms in total. The number of nitro groups is 1. The van der Waals surface area contributed by atoms with Crippen molar-refractivity contribution in [2.75, 3.05) is 5.32 Å². The maximum atomic E-state index is 13.3. The Kier molecular flexibility index (Phi) is 5.21. The van der Waals surface area contributed by atoms with Crippen LogP contribution in [-0.4, -0.2) is 20.9 Å². The summed E-state index contributed by atoms with van der Waals surface area (Å²) in [5, 5.41) is 16.5. The summed E-state index contributed by atoms with van der Waals surface area (Å²) < 4.78 is 19.4. The number of nitrogens with one attached hydrogen (secondary N) is 2. The van der Waals surface area contributed by atoms with E-state index in [1.54, 1.807) is 12.1 Å². The van der Waals surface area contributed by atoms with Gasteiger partial charge in [-0.25, -0.2) is 9.37 Å². The van der Waals surface area contributed by atoms with Gasteiger partial charge >= 0.3 is 0 Å². The largest absolute Gasteiger partial charge is 0.451 e. The number of nitro benzene ring substituents is 1. The zero-order valence-corrected chi connectivity index (χ0v) is 16.6. The van der Waals surface area contributed by atoms with E-state index in [-0.39, 0.29) is 22.4 Å². The number of benzene rings is 2. The van der Waals surface area contributed by atoms with Crippen molar-refractivity contribution in [3.63, 3.8) is 0 Å². The van der Waals surface area contributed by atoms with Crippen LogP contribution in [0.4, 0.5) is 15.2 Å². The molecule has 0 aliphatic rings. The number of anilines is 1. The minimum atomic E-state index is -0.601. The molecule has 0 radical (unpaired) electrons. The van der Waals surface area contributed by atoms with Crippen LogP contribution in [0.25, 0.3) is 21.5 Å². The van der Waals surface area contributed by atoms with Gasteiger partial charge in [-0.15, -0.1) is 0 Å². The van der Waals surface area contributed by atoms with E-state index >= 15 is 0 Å². The molecule has 0 saturated heterocycles. The third kappa shape index (κ3) is 4.16. The number of amides is 1. The van der Waals surface area contributed by atoms with Crippen molar-refractivity contribution >= 4 is 55.6 Å². The average molecular weight is 442 g/mol. The van der Waals surface area contributed by atoms with Crippen molar-refractivity contribution in [1.29, 1.82) is 0 Å². The van der Waals surface area contributed by atoms with E-state index in [1.165, 1.54) is 53.8 Å². The second-order valence-corrected chi connectivity index (χ2v) is 7.45. The van der Waals surface area contributed by atoms with Crippen LogP contribution < -0.4 is 10.6 Å². The summed E-state index contributed by atoms with van der Waals surface area (Å²) in [7, 11) is 0. The predicted molar refractivity (Wildman–Crippen MR) is 114 cm³/mol. The molecule has 2 N–H and O–H groups in total. The van der Waals surface area contributed by atoms with Crippen LogP contribution in [0.3, 0.4) is 0 Å². The highest BCUT2D eigenvalue weighted by atomic mass is 32.1. The second-order valence-electron chi connectivity index (χ2n) is 6.01. The fraction of sp³-hybridized carbons (Fsp3) is 0. The molecular weight excluding hydrogens is 431 g/mol. The summed E-state index contributed by atoms with van der Waals surface area (Å²) in [6.07, 6.45) is 0. The third-order valence-corrected chi connectivity index (χ3v) is 5.11. The molecule has 1 amide bonds. The van der Waals surface area contributed by atoms with Gasteiger partial charge in [0.05, 0.1) is 15.1 Å². The number of hydrogen-bond acceptors (Lipinski definition) is 7. The van der Waals surface area contributed by atoms with Crippen LogP contribution in [0, 0.1) is 15.9 Å². The number of rotatable bonds is 4. The summed E-state index contributed by atoms with van der Waals surface area (Å²) in [6.45, 7) is 0. The maximum absolute atomic E-state index is 13.3. The average Bonchev–Trinajstić information content (AvgIpc) is 3.34. The molecule has 2 aromatic carbocycles. The van der Waals surface area contributed by atoms with Crippen molar-refractivity contribution in [1.82, 2.24) is 10.3 Å². The van der Waals surface area contributed by atoms with Crippen LogP contribution in [0.5, 0.6) is 0 Å². The first-order valence-electron chi connectivity index (χ1n) is 8.42. The van der Waals surface area contributed by atoms with Crippen LogP contribution in [-0.2, 0) is 0 Å². The van der Waals surface area contributed by atoms with Gasteiger partial charge in [-0.3, -0.25) is 20.2 Å². The molecule has 2 heterocycles. The molecule has 0 aliphatic carbocycles. The summed E-state index contributed by atoms with van der Waals surface area (Å²) in [5.41, 5.74) is 0.979. The number of carbonyl (C=O) groups is 1. The molecule has 0 fully saturated rings. The molecule has 0 spiro atoms. The van der Waals surface area contributed by atoms with Gasteiger partial charge in [0.1, 0.15) is 11.6 Å². The van der Waals surface area contributed by atoms with Crippen LogP contribution >= 0.6 is 23.6 Å². The SMILES string of the molecule is O=C(NC(=S)Nc1nc2ccc(F)cc2s1)c1ccc(-c2cccc([N+](=O)[O-])c2)o1. The number of thiocarbonyl (C=S) groups is 1. The Morgan fingerprint density at radius 3 is 2.83 bits per heavy atom. The Balaban J connectivity index is 1.44. The molecule has 4 aromatic rings. The summed E-state index contributed by atoms with van der Waals surface area (Å²) in [4.78, 5) is 27.0. The first-order chi connectivity index (χ1) is 14.4. The van der Waals surface area contributed by atoms with E-state index in [0.717, 1.165) is 0 Å². The van der Waals surface area contributed by atoms with E-state index in [1.807, 2.05) is 0 Å². The minimum absolute atomic E-state index is 0.00664. The van der Waals surface area contributed by atoms with E-state index in [9.17, 15) is 19.3 Å². The highest BCUT2D eigenvalue weighted by Crippen LogP contribution is 2.27. The minimum Gasteiger partial charge on any atom is -0.451 e. The number of nitrogens with zero attached hydrogens (tertiary/aromatic N) is 2. The normalized spacial score (nSPS) is 10.7. The zero-order chi connectivity index (χ0) is 21.3. The lowest BCUT2D eigenvalue weighted by Gasteiger charge is -2.05. The molecule has 2 aromatic heterocycles. The maximum Gasteiger partial charge on any atom is 0.293 e. The highest BCUT2D eigenvalue weighted by molar-refractivity contribution is 7.80. The predicted octanol–water partition coefficient (Wildman–Crippen LogP) is 4.73. The first kappa shape index (κ1) is 19.6. The number of furan rings is 1. The van der Waals surface area contributed by atoms with Crippen molar-refractivity contribution in [3.8, 4) is 11.3 Å². The molecule has 0 aliphatic heterocycles. The van der Waals surface area contributed by atoms with E-state index in [4.69, 9.17) is 16.6 Å². The van der Waals surface area contributed by atoms with Crippen molar-refractivity contribution in [2.45, 2.75) is 0 Å². The number of carbonyl (C=O) groups excluding carboxylic acids is 1. The molecule has 11 heteroatoms. The lowest BCUT2D eigenvalue weighted by Crippen LogP contribution is -2.33. The number of halogens is 1. The molecule has 30 heavy (non-hydrogen) atoms. The van der Waals surface area contributed by atoms with Crippen molar-refractivity contribution < 1.29 is 18.5 Å². The highest BCUT2D eigenvalue weighted by Gasteiger charge is 2.16. The molecule has 0 atom stereocenters. The smallest absolute Gasteiger partial charge is 0.293 e. The van der Waals surface area contributed by atoms with Crippen molar-refractivity contribution in [2.24, 2.45) is 0 Å². The van der Waals surface area contributed by atoms with Gasteiger partial charge in [-0.2, -0.15) is 0 Å². The number of hydrogen-bond donors (Lipinski definition) is 2. The topological polar surface area (TPSA) is 110 Å². The van der Waals surface area contributed by atoms with Crippen LogP contribution in [0.1, 0.15) is 10.6 Å². The van der Waals surface area contributed by atoms with Crippen LogP contribution in [0.2, 0.25) is 0 Å². The first-order valence-corrected chi connectivity index (χ1v) is 9.64. The van der Waals surface area contributed by atoms with Crippen LogP contribution in [0.15, 0.2) is 59.0 Å². The number of aromatic nitrogens is 1. The Labute approximate surface area is 177 Å². The number of non-ortho nitro benzene ring substituents is 1. The third-order valence-electron chi connectivity index (χ3n) is 3.97. The Bertz CT molecular complexity index is 1300. The monoisotopic (exact) mass is 442 g/mol. The fourth-order valence-electron chi connectivity index (χ4n) is 2.63. The van der Waals surface area contributed by atoms with Crippen molar-refractivity contribution in [3.05, 3.63) is 76.3 Å². The molecule has 0 bridgehead atoms. The van der Waals surface area contributed by atoms with Gasteiger partial charge in [-0.1, -0.05) is 23.5 Å². The molecule has 150 valence electrons. The van der Waals surface area contributed by atoms with Gasteiger partial charge in [0.25, 0.3) is 11.6 Å². The molecule has 0 unspecified atom stereocenters. The summed E-state index contributed by atoms with van der Waals surface area (Å²) in [5.74, 6) is -0.690. The van der Waals surface area contributed by atoms with Gasteiger partial charge in [-0.05, 0) is 42.5 Å². The van der Waals surface area contributed by atoms with Gasteiger partial charge < -0.3 is 9.73 Å². The number of fused-ring (bicyclic) bond motifs is 1. The Morgan fingerprint density at radius 2 is 2.03 bits per heavy atom. The van der Waals surface area contributed by atoms with E-state index in [0.29, 0.717) is 26.7 Å². The number of thiazole rings is 1. The van der Waals surface area contributed by atoms with Gasteiger partial charge in [0.15, 0.2) is 16.0 Å². The molecule has 0 saturated carbocycles. The summed E-state index contributed by atoms with van der Waals surface area (Å²) in [6, 6.07) is 13.1. The molecule has 4 rings (SSSR count). The van der Waals surface area contributed by atoms with Gasteiger partial charge in [0, 0.05) is 17.7 Å². The quantitative estimate of drug-likeness (QED) is 0.267. The zero-order valence-electron chi connectivity index (χ0n) is 14.9. The lowest BCUT2D eigenvalue weighted by atomic mass is 10.1. The lowest BCUT2D eigenvalue weighted by molar-refractivity contribution is -0.384. The van der Waals surface area contributed by atoms with E-state index in [2.05, 4.69) is 15.6 Å². The standard InChI is InChI=1S/C19H11FN4O4S2/c20-11-4-5-13-16(9-11)30-19(21-13)23-18(29)22-17(25)15-7-6-14(28-15)10-2-1-3-12(8-10)24(26)27/h1-9H,(H2,21,22,23,25,29).